The fourth-order valence-electron chi connectivity index (χ4n) is 4.86. The molecule has 0 radical (unpaired) electrons. The first-order valence-corrected chi connectivity index (χ1v) is 10.6. The van der Waals surface area contributed by atoms with Crippen molar-refractivity contribution in [2.45, 2.75) is 12.5 Å². The summed E-state index contributed by atoms with van der Waals surface area (Å²) < 4.78 is 3.41. The van der Waals surface area contributed by atoms with Gasteiger partial charge in [-0.3, -0.25) is 14.0 Å². The van der Waals surface area contributed by atoms with Crippen LogP contribution in [0.15, 0.2) is 29.3 Å². The number of H-pyrrole nitrogens is 1. The van der Waals surface area contributed by atoms with E-state index >= 15 is 0 Å². The summed E-state index contributed by atoms with van der Waals surface area (Å²) in [6, 6.07) is 4.46. The van der Waals surface area contributed by atoms with E-state index in [0.717, 1.165) is 54.0 Å². The van der Waals surface area contributed by atoms with Crippen LogP contribution in [0.3, 0.4) is 0 Å². The molecule has 3 aromatic heterocycles. The third-order valence-electron chi connectivity index (χ3n) is 6.58. The van der Waals surface area contributed by atoms with Crippen LogP contribution in [0.2, 0.25) is 5.02 Å². The molecule has 2 unspecified atom stereocenters. The molecule has 2 fully saturated rings. The Labute approximate surface area is 177 Å². The lowest BCUT2D eigenvalue weighted by Gasteiger charge is -2.46. The maximum atomic E-state index is 13.4. The standard InChI is InChI=1S/C21H22ClN7O/c1-27-10-14-16(26-27)4-3-12(18(14)22)13-8-24-19-17(13)20(30)28(2)21(25-19)29-6-5-15-11(9-29)7-23-15/h3-4,8,10-11,15,23-24H,5-7,9H2,1-2H3. The van der Waals surface area contributed by atoms with Gasteiger partial charge in [0, 0.05) is 74.6 Å². The summed E-state index contributed by atoms with van der Waals surface area (Å²) in [7, 11) is 3.67. The number of rotatable bonds is 2. The number of nitrogens with zero attached hydrogens (tertiary/aromatic N) is 5. The number of aromatic nitrogens is 5. The van der Waals surface area contributed by atoms with Gasteiger partial charge < -0.3 is 15.2 Å². The van der Waals surface area contributed by atoms with Gasteiger partial charge in [-0.25, -0.2) is 0 Å². The second-order valence-electron chi connectivity index (χ2n) is 8.37. The fourth-order valence-corrected chi connectivity index (χ4v) is 5.17. The first-order chi connectivity index (χ1) is 14.5. The average Bonchev–Trinajstić information content (AvgIpc) is 3.30. The Morgan fingerprint density at radius 1 is 1.23 bits per heavy atom. The monoisotopic (exact) mass is 423 g/mol. The quantitative estimate of drug-likeness (QED) is 0.516. The number of nitrogens with one attached hydrogen (secondary N) is 2. The molecule has 2 aliphatic heterocycles. The Hall–Kier alpha value is -2.84. The minimum absolute atomic E-state index is 0.0672. The topological polar surface area (TPSA) is 83.8 Å². The minimum atomic E-state index is -0.0672. The van der Waals surface area contributed by atoms with Crippen molar-refractivity contribution < 1.29 is 0 Å². The van der Waals surface area contributed by atoms with Crippen LogP contribution in [0.1, 0.15) is 6.42 Å². The van der Waals surface area contributed by atoms with Crippen molar-refractivity contribution in [2.75, 3.05) is 24.5 Å². The number of hydrogen-bond donors (Lipinski definition) is 2. The zero-order valence-corrected chi connectivity index (χ0v) is 17.6. The van der Waals surface area contributed by atoms with Crippen molar-refractivity contribution in [1.82, 2.24) is 29.6 Å². The molecular formula is C21H22ClN7O. The van der Waals surface area contributed by atoms with Crippen LogP contribution >= 0.6 is 11.6 Å². The Bertz CT molecular complexity index is 1370. The number of hydrogen-bond acceptors (Lipinski definition) is 5. The van der Waals surface area contributed by atoms with E-state index in [1.54, 1.807) is 16.3 Å². The van der Waals surface area contributed by atoms with E-state index < -0.39 is 0 Å². The summed E-state index contributed by atoms with van der Waals surface area (Å²) in [4.78, 5) is 23.7. The van der Waals surface area contributed by atoms with Crippen molar-refractivity contribution in [3.05, 3.63) is 39.9 Å². The predicted molar refractivity (Wildman–Crippen MR) is 118 cm³/mol. The number of aryl methyl sites for hydroxylation is 1. The number of fused-ring (bicyclic) bond motifs is 3. The molecule has 9 heteroatoms. The number of piperidine rings is 1. The molecule has 154 valence electrons. The lowest BCUT2D eigenvalue weighted by Crippen LogP contribution is -2.61. The molecule has 4 aromatic rings. The van der Waals surface area contributed by atoms with Gasteiger partial charge in [-0.2, -0.15) is 10.1 Å². The highest BCUT2D eigenvalue weighted by atomic mass is 35.5. The van der Waals surface area contributed by atoms with E-state index in [2.05, 4.69) is 20.3 Å². The van der Waals surface area contributed by atoms with Gasteiger partial charge in [0.1, 0.15) is 5.65 Å². The van der Waals surface area contributed by atoms with Crippen LogP contribution in [0.25, 0.3) is 33.1 Å². The number of aromatic amines is 1. The Balaban J connectivity index is 1.49. The van der Waals surface area contributed by atoms with Crippen molar-refractivity contribution in [2.24, 2.45) is 20.0 Å². The summed E-state index contributed by atoms with van der Waals surface area (Å²) in [5.41, 5.74) is 2.92. The molecule has 1 aromatic carbocycles. The lowest BCUT2D eigenvalue weighted by atomic mass is 9.85. The summed E-state index contributed by atoms with van der Waals surface area (Å²) >= 11 is 6.72. The van der Waals surface area contributed by atoms with Gasteiger partial charge in [0.2, 0.25) is 5.95 Å². The number of benzene rings is 1. The Kier molecular flexibility index (Phi) is 3.79. The second-order valence-corrected chi connectivity index (χ2v) is 8.75. The lowest BCUT2D eigenvalue weighted by molar-refractivity contribution is 0.197. The molecule has 30 heavy (non-hydrogen) atoms. The average molecular weight is 424 g/mol. The molecule has 2 saturated heterocycles. The van der Waals surface area contributed by atoms with Gasteiger partial charge in [0.05, 0.1) is 15.9 Å². The van der Waals surface area contributed by atoms with Gasteiger partial charge in [0.25, 0.3) is 5.56 Å². The van der Waals surface area contributed by atoms with Crippen molar-refractivity contribution in [3.8, 4) is 11.1 Å². The largest absolute Gasteiger partial charge is 0.345 e. The Morgan fingerprint density at radius 2 is 2.10 bits per heavy atom. The molecule has 8 nitrogen and oxygen atoms in total. The van der Waals surface area contributed by atoms with E-state index in [0.29, 0.717) is 28.0 Å². The molecule has 0 amide bonds. The zero-order chi connectivity index (χ0) is 20.6. The molecular weight excluding hydrogens is 402 g/mol. The summed E-state index contributed by atoms with van der Waals surface area (Å²) in [5.74, 6) is 1.36. The number of halogens is 1. The molecule has 0 bridgehead atoms. The number of anilines is 1. The maximum absolute atomic E-state index is 13.4. The summed E-state index contributed by atoms with van der Waals surface area (Å²) in [5, 5.41) is 9.90. The molecule has 0 aliphatic carbocycles. The highest BCUT2D eigenvalue weighted by Crippen LogP contribution is 2.36. The van der Waals surface area contributed by atoms with Crippen molar-refractivity contribution in [1.29, 1.82) is 0 Å². The van der Waals surface area contributed by atoms with Gasteiger partial charge in [-0.05, 0) is 12.5 Å². The van der Waals surface area contributed by atoms with Crippen LogP contribution in [-0.4, -0.2) is 50.0 Å². The zero-order valence-electron chi connectivity index (χ0n) is 16.8. The van der Waals surface area contributed by atoms with Crippen LogP contribution in [0, 0.1) is 5.92 Å². The van der Waals surface area contributed by atoms with Crippen LogP contribution < -0.4 is 15.8 Å². The van der Waals surface area contributed by atoms with Crippen LogP contribution in [0.4, 0.5) is 5.95 Å². The molecule has 2 aliphatic rings. The molecule has 6 rings (SSSR count). The highest BCUT2D eigenvalue weighted by Gasteiger charge is 2.36. The molecule has 2 atom stereocenters. The molecule has 2 N–H and O–H groups in total. The summed E-state index contributed by atoms with van der Waals surface area (Å²) in [6.07, 6.45) is 4.80. The fraction of sp³-hybridized carbons (Fsp3) is 0.381. The summed E-state index contributed by atoms with van der Waals surface area (Å²) in [6.45, 7) is 2.87. The van der Waals surface area contributed by atoms with E-state index in [1.807, 2.05) is 31.6 Å². The first kappa shape index (κ1) is 18.0. The molecule has 0 spiro atoms. The van der Waals surface area contributed by atoms with E-state index in [4.69, 9.17) is 16.6 Å². The van der Waals surface area contributed by atoms with E-state index in [-0.39, 0.29) is 5.56 Å². The third-order valence-corrected chi connectivity index (χ3v) is 6.98. The van der Waals surface area contributed by atoms with Crippen LogP contribution in [-0.2, 0) is 14.1 Å². The van der Waals surface area contributed by atoms with Crippen LogP contribution in [0.5, 0.6) is 0 Å². The van der Waals surface area contributed by atoms with Crippen molar-refractivity contribution >= 4 is 39.5 Å². The maximum Gasteiger partial charge on any atom is 0.264 e. The minimum Gasteiger partial charge on any atom is -0.345 e. The van der Waals surface area contributed by atoms with Gasteiger partial charge >= 0.3 is 0 Å². The van der Waals surface area contributed by atoms with Gasteiger partial charge in [-0.15, -0.1) is 0 Å². The van der Waals surface area contributed by atoms with E-state index in [9.17, 15) is 4.79 Å². The second kappa shape index (κ2) is 6.33. The van der Waals surface area contributed by atoms with Gasteiger partial charge in [-0.1, -0.05) is 17.7 Å². The molecule has 0 saturated carbocycles. The smallest absolute Gasteiger partial charge is 0.264 e. The molecule has 5 heterocycles. The SMILES string of the molecule is Cn1cc2c(Cl)c(-c3c[nH]c4nc(N5CCC6NCC6C5)n(C)c(=O)c34)ccc2n1. The van der Waals surface area contributed by atoms with E-state index in [1.165, 1.54) is 0 Å². The Morgan fingerprint density at radius 3 is 2.87 bits per heavy atom. The highest BCUT2D eigenvalue weighted by molar-refractivity contribution is 6.38. The third kappa shape index (κ3) is 2.47. The predicted octanol–water partition coefficient (Wildman–Crippen LogP) is 2.27. The van der Waals surface area contributed by atoms with Crippen molar-refractivity contribution in [3.63, 3.8) is 0 Å². The van der Waals surface area contributed by atoms with Gasteiger partial charge in [0.15, 0.2) is 0 Å². The normalized spacial score (nSPS) is 21.2. The first-order valence-electron chi connectivity index (χ1n) is 10.2.